The number of anilines is 3. The molecule has 1 fully saturated rings. The molecule has 3 N–H and O–H groups in total. The lowest BCUT2D eigenvalue weighted by molar-refractivity contribution is -0.119. The van der Waals surface area contributed by atoms with E-state index in [1.165, 1.54) is 0 Å². The van der Waals surface area contributed by atoms with Crippen molar-refractivity contribution in [3.63, 3.8) is 0 Å². The number of halogens is 1. The monoisotopic (exact) mass is 421 g/mol. The Balaban J connectivity index is 1.62. The molecule has 1 aliphatic heterocycles. The molecule has 4 aromatic rings. The van der Waals surface area contributed by atoms with Crippen molar-refractivity contribution in [2.45, 2.75) is 25.8 Å². The molecular weight excluding hydrogens is 402 g/mol. The van der Waals surface area contributed by atoms with Crippen LogP contribution in [0.2, 0.25) is 5.02 Å². The van der Waals surface area contributed by atoms with Crippen molar-refractivity contribution in [3.05, 3.63) is 53.4 Å². The van der Waals surface area contributed by atoms with Crippen LogP contribution in [0.3, 0.4) is 0 Å². The Bertz CT molecular complexity index is 1270. The molecule has 1 amide bonds. The van der Waals surface area contributed by atoms with Gasteiger partial charge in [0, 0.05) is 6.54 Å². The second-order valence-corrected chi connectivity index (χ2v) is 7.84. The number of pyridine rings is 1. The van der Waals surface area contributed by atoms with Crippen LogP contribution < -0.4 is 16.0 Å². The van der Waals surface area contributed by atoms with Crippen LogP contribution in [0.1, 0.15) is 18.4 Å². The molecule has 0 aliphatic carbocycles. The number of amides is 1. The number of hydrogen-bond donors (Lipinski definition) is 2. The molecule has 1 aromatic carbocycles. The predicted molar refractivity (Wildman–Crippen MR) is 117 cm³/mol. The van der Waals surface area contributed by atoms with E-state index in [1.807, 2.05) is 46.6 Å². The van der Waals surface area contributed by atoms with Gasteiger partial charge in [-0.2, -0.15) is 0 Å². The first-order valence-electron chi connectivity index (χ1n) is 9.74. The van der Waals surface area contributed by atoms with Crippen molar-refractivity contribution < 1.29 is 4.79 Å². The van der Waals surface area contributed by atoms with Crippen molar-refractivity contribution in [2.75, 3.05) is 16.8 Å². The normalized spacial score (nSPS) is 16.5. The molecule has 30 heavy (non-hydrogen) atoms. The Morgan fingerprint density at radius 1 is 1.27 bits per heavy atom. The van der Waals surface area contributed by atoms with Crippen LogP contribution in [0.5, 0.6) is 0 Å². The number of benzene rings is 1. The van der Waals surface area contributed by atoms with Crippen LogP contribution in [0.25, 0.3) is 16.7 Å². The molecule has 9 heteroatoms. The van der Waals surface area contributed by atoms with Gasteiger partial charge in [-0.25, -0.2) is 15.0 Å². The third-order valence-corrected chi connectivity index (χ3v) is 5.84. The van der Waals surface area contributed by atoms with Crippen molar-refractivity contribution in [1.82, 2.24) is 19.4 Å². The molecule has 5 rings (SSSR count). The minimum atomic E-state index is -0.328. The van der Waals surface area contributed by atoms with Crippen LogP contribution in [-0.2, 0) is 4.79 Å². The molecular formula is C21H20ClN7O. The maximum atomic E-state index is 11.8. The summed E-state index contributed by atoms with van der Waals surface area (Å²) in [5.41, 5.74) is 9.54. The molecule has 4 heterocycles. The van der Waals surface area contributed by atoms with Gasteiger partial charge in [0.05, 0.1) is 16.9 Å². The number of nitrogens with two attached hydrogens (primary N) is 1. The van der Waals surface area contributed by atoms with E-state index in [0.29, 0.717) is 27.8 Å². The molecule has 0 bridgehead atoms. The average molecular weight is 422 g/mol. The Morgan fingerprint density at radius 3 is 2.93 bits per heavy atom. The summed E-state index contributed by atoms with van der Waals surface area (Å²) in [7, 11) is 0. The van der Waals surface area contributed by atoms with Crippen molar-refractivity contribution in [1.29, 1.82) is 0 Å². The summed E-state index contributed by atoms with van der Waals surface area (Å²) in [6, 6.07) is 9.19. The molecule has 3 aromatic heterocycles. The fourth-order valence-electron chi connectivity index (χ4n) is 4.01. The highest BCUT2D eigenvalue weighted by Gasteiger charge is 2.30. The summed E-state index contributed by atoms with van der Waals surface area (Å²) in [6.45, 7) is 2.74. The number of hydrogen-bond acceptors (Lipinski definition) is 6. The first kappa shape index (κ1) is 18.6. The van der Waals surface area contributed by atoms with E-state index in [0.717, 1.165) is 36.2 Å². The van der Waals surface area contributed by atoms with Crippen molar-refractivity contribution in [3.8, 4) is 0 Å². The Kier molecular flexibility index (Phi) is 4.43. The maximum Gasteiger partial charge on any atom is 0.240 e. The lowest BCUT2D eigenvalue weighted by atomic mass is 10.2. The molecule has 1 unspecified atom stereocenters. The predicted octanol–water partition coefficient (Wildman–Crippen LogP) is 3.44. The number of carbonyl (C=O) groups is 1. The molecule has 0 spiro atoms. The van der Waals surface area contributed by atoms with Crippen LogP contribution >= 0.6 is 11.6 Å². The minimum absolute atomic E-state index is 0.324. The number of fused-ring (bicyclic) bond motifs is 3. The average Bonchev–Trinajstić information content (AvgIpc) is 3.40. The minimum Gasteiger partial charge on any atom is -0.368 e. The van der Waals surface area contributed by atoms with E-state index in [1.54, 1.807) is 12.5 Å². The van der Waals surface area contributed by atoms with Crippen molar-refractivity contribution in [2.24, 2.45) is 5.73 Å². The summed E-state index contributed by atoms with van der Waals surface area (Å²) in [5.74, 6) is 1.03. The number of imidazole rings is 1. The van der Waals surface area contributed by atoms with Crippen LogP contribution in [0.15, 0.2) is 42.9 Å². The third kappa shape index (κ3) is 3.00. The van der Waals surface area contributed by atoms with E-state index in [4.69, 9.17) is 27.3 Å². The van der Waals surface area contributed by atoms with Crippen LogP contribution in [0.4, 0.5) is 17.3 Å². The van der Waals surface area contributed by atoms with Gasteiger partial charge in [0.25, 0.3) is 0 Å². The van der Waals surface area contributed by atoms with Gasteiger partial charge in [-0.3, -0.25) is 9.20 Å². The van der Waals surface area contributed by atoms with E-state index < -0.39 is 0 Å². The number of aryl methyl sites for hydroxylation is 1. The number of nitrogens with zero attached hydrogens (tertiary/aromatic N) is 5. The van der Waals surface area contributed by atoms with E-state index in [9.17, 15) is 4.79 Å². The van der Waals surface area contributed by atoms with Gasteiger partial charge in [-0.1, -0.05) is 23.7 Å². The van der Waals surface area contributed by atoms with Crippen molar-refractivity contribution >= 4 is 51.5 Å². The van der Waals surface area contributed by atoms with Gasteiger partial charge >= 0.3 is 0 Å². The second-order valence-electron chi connectivity index (χ2n) is 7.43. The zero-order valence-electron chi connectivity index (χ0n) is 16.3. The number of primary amides is 1. The molecule has 1 aliphatic rings. The Labute approximate surface area is 177 Å². The number of aromatic nitrogens is 4. The van der Waals surface area contributed by atoms with Gasteiger partial charge in [0.1, 0.15) is 29.2 Å². The van der Waals surface area contributed by atoms with Crippen LogP contribution in [0, 0.1) is 6.92 Å². The molecule has 1 saturated heterocycles. The smallest absolute Gasteiger partial charge is 0.240 e. The quantitative estimate of drug-likeness (QED) is 0.523. The highest BCUT2D eigenvalue weighted by Crippen LogP contribution is 2.32. The number of rotatable bonds is 4. The zero-order valence-corrected chi connectivity index (χ0v) is 17.1. The zero-order chi connectivity index (χ0) is 20.8. The number of carbonyl (C=O) groups excluding carboxylic acids is 1. The topological polar surface area (TPSA) is 101 Å². The number of nitrogens with one attached hydrogen (secondary N) is 1. The maximum absolute atomic E-state index is 11.8. The molecule has 1 atom stereocenters. The van der Waals surface area contributed by atoms with Crippen LogP contribution in [-0.4, -0.2) is 37.8 Å². The Hall–Kier alpha value is -3.39. The van der Waals surface area contributed by atoms with Gasteiger partial charge < -0.3 is 16.0 Å². The summed E-state index contributed by atoms with van der Waals surface area (Å²) >= 11 is 6.39. The summed E-state index contributed by atoms with van der Waals surface area (Å²) in [4.78, 5) is 27.6. The highest BCUT2D eigenvalue weighted by atomic mass is 35.5. The molecule has 8 nitrogen and oxygen atoms in total. The summed E-state index contributed by atoms with van der Waals surface area (Å²) in [5, 5.41) is 3.97. The SMILES string of the molecule is Cc1cccc(Cl)c1Nc1nc2ccc(N3CCCC3C(N)=O)nc2n2cncc12. The molecule has 152 valence electrons. The van der Waals surface area contributed by atoms with Gasteiger partial charge in [0.2, 0.25) is 5.91 Å². The van der Waals surface area contributed by atoms with Gasteiger partial charge in [-0.15, -0.1) is 0 Å². The standard InChI is InChI=1S/C21H20ClN7O/c1-12-4-2-5-13(22)18(12)27-20-16-10-24-11-29(16)21-14(25-20)7-8-17(26-21)28-9-3-6-15(28)19(23)30/h2,4-5,7-8,10-11,15H,3,6,9H2,1H3,(H2,23,30)(H,25,27). The summed E-state index contributed by atoms with van der Waals surface area (Å²) < 4.78 is 1.88. The highest BCUT2D eigenvalue weighted by molar-refractivity contribution is 6.33. The lowest BCUT2D eigenvalue weighted by Crippen LogP contribution is -2.40. The van der Waals surface area contributed by atoms with E-state index >= 15 is 0 Å². The molecule has 0 radical (unpaired) electrons. The molecule has 0 saturated carbocycles. The fraction of sp³-hybridized carbons (Fsp3) is 0.238. The first-order chi connectivity index (χ1) is 14.5. The lowest BCUT2D eigenvalue weighted by Gasteiger charge is -2.23. The second kappa shape index (κ2) is 7.14. The fourth-order valence-corrected chi connectivity index (χ4v) is 4.28. The number of para-hydroxylation sites is 1. The Morgan fingerprint density at radius 2 is 2.13 bits per heavy atom. The first-order valence-corrected chi connectivity index (χ1v) is 10.1. The largest absolute Gasteiger partial charge is 0.368 e. The van der Waals surface area contributed by atoms with Gasteiger partial charge in [0.15, 0.2) is 11.5 Å². The summed E-state index contributed by atoms with van der Waals surface area (Å²) in [6.07, 6.45) is 5.09. The van der Waals surface area contributed by atoms with E-state index in [2.05, 4.69) is 10.3 Å². The third-order valence-electron chi connectivity index (χ3n) is 5.52. The van der Waals surface area contributed by atoms with Gasteiger partial charge in [-0.05, 0) is 43.5 Å². The van der Waals surface area contributed by atoms with E-state index in [-0.39, 0.29) is 11.9 Å².